The quantitative estimate of drug-likeness (QED) is 0.685. The summed E-state index contributed by atoms with van der Waals surface area (Å²) in [5, 5.41) is 8.01. The molecule has 0 bridgehead atoms. The number of aromatic nitrogens is 1. The van der Waals surface area contributed by atoms with Crippen LogP contribution in [0.3, 0.4) is 0 Å². The van der Waals surface area contributed by atoms with Gasteiger partial charge >= 0.3 is 0 Å². The molecule has 1 fully saturated rings. The Bertz CT molecular complexity index is 954. The average molecular weight is 363 g/mol. The molecule has 3 aromatic rings. The number of hydrogen-bond acceptors (Lipinski definition) is 4. The summed E-state index contributed by atoms with van der Waals surface area (Å²) < 4.78 is 7.48. The minimum absolute atomic E-state index is 0.0554. The summed E-state index contributed by atoms with van der Waals surface area (Å²) >= 11 is 0. The first kappa shape index (κ1) is 17.8. The number of nitrogens with one attached hydrogen (secondary N) is 2. The van der Waals surface area contributed by atoms with Crippen LogP contribution in [0.1, 0.15) is 21.6 Å². The molecule has 1 aliphatic heterocycles. The number of carbonyl (C=O) groups excluding carboxylic acids is 1. The van der Waals surface area contributed by atoms with Gasteiger partial charge < -0.3 is 19.9 Å². The maximum Gasteiger partial charge on any atom is 0.195 e. The molecule has 0 saturated carbocycles. The number of ether oxygens (including phenoxy) is 1. The molecule has 1 unspecified atom stereocenters. The number of nitrogens with zero attached hydrogens (tertiary/aromatic N) is 1. The Morgan fingerprint density at radius 2 is 1.93 bits per heavy atom. The van der Waals surface area contributed by atoms with Crippen LogP contribution in [0.15, 0.2) is 48.5 Å². The third-order valence-electron chi connectivity index (χ3n) is 5.34. The van der Waals surface area contributed by atoms with E-state index in [0.717, 1.165) is 54.1 Å². The Morgan fingerprint density at radius 3 is 2.63 bits per heavy atom. The van der Waals surface area contributed by atoms with E-state index in [9.17, 15) is 4.79 Å². The average Bonchev–Trinajstić information content (AvgIpc) is 3.00. The molecule has 4 rings (SSSR count). The third kappa shape index (κ3) is 3.36. The highest BCUT2D eigenvalue weighted by atomic mass is 16.5. The molecule has 1 saturated heterocycles. The van der Waals surface area contributed by atoms with Crippen molar-refractivity contribution in [3.05, 3.63) is 65.4 Å². The van der Waals surface area contributed by atoms with Gasteiger partial charge in [0.15, 0.2) is 5.78 Å². The summed E-state index contributed by atoms with van der Waals surface area (Å²) in [6, 6.07) is 15.9. The highest BCUT2D eigenvalue weighted by Gasteiger charge is 2.23. The predicted molar refractivity (Wildman–Crippen MR) is 108 cm³/mol. The second kappa shape index (κ2) is 7.55. The molecule has 1 aliphatic rings. The van der Waals surface area contributed by atoms with Crippen LogP contribution in [0.2, 0.25) is 0 Å². The number of ketones is 1. The molecular formula is C22H25N3O2. The van der Waals surface area contributed by atoms with Crippen molar-refractivity contribution in [2.24, 2.45) is 0 Å². The first-order valence-corrected chi connectivity index (χ1v) is 9.39. The van der Waals surface area contributed by atoms with Gasteiger partial charge in [-0.25, -0.2) is 0 Å². The van der Waals surface area contributed by atoms with E-state index in [1.807, 2.05) is 49.4 Å². The van der Waals surface area contributed by atoms with Crippen LogP contribution >= 0.6 is 0 Å². The number of benzene rings is 2. The van der Waals surface area contributed by atoms with Crippen LogP contribution in [-0.4, -0.2) is 43.1 Å². The molecule has 1 aromatic heterocycles. The largest absolute Gasteiger partial charge is 0.497 e. The van der Waals surface area contributed by atoms with Gasteiger partial charge in [-0.15, -0.1) is 0 Å². The van der Waals surface area contributed by atoms with Gasteiger partial charge in [0.2, 0.25) is 0 Å². The van der Waals surface area contributed by atoms with Gasteiger partial charge in [0, 0.05) is 54.4 Å². The zero-order valence-electron chi connectivity index (χ0n) is 15.8. The summed E-state index contributed by atoms with van der Waals surface area (Å²) in [6.07, 6.45) is 0. The number of fused-ring (bicyclic) bond motifs is 1. The van der Waals surface area contributed by atoms with Crippen LogP contribution in [0.4, 0.5) is 0 Å². The summed E-state index contributed by atoms with van der Waals surface area (Å²) in [5.41, 5.74) is 3.60. The van der Waals surface area contributed by atoms with E-state index in [-0.39, 0.29) is 5.78 Å². The van der Waals surface area contributed by atoms with Gasteiger partial charge in [-0.2, -0.15) is 0 Å². The third-order valence-corrected chi connectivity index (χ3v) is 5.34. The van der Waals surface area contributed by atoms with Crippen LogP contribution in [0, 0.1) is 6.92 Å². The molecule has 5 heteroatoms. The van der Waals surface area contributed by atoms with Gasteiger partial charge in [-0.05, 0) is 37.3 Å². The molecule has 1 atom stereocenters. The number of carbonyl (C=O) groups is 1. The number of methoxy groups -OCH3 is 1. The van der Waals surface area contributed by atoms with E-state index < -0.39 is 0 Å². The van der Waals surface area contributed by atoms with Crippen molar-refractivity contribution in [1.29, 1.82) is 0 Å². The monoisotopic (exact) mass is 363 g/mol. The zero-order chi connectivity index (χ0) is 18.8. The molecule has 27 heavy (non-hydrogen) atoms. The van der Waals surface area contributed by atoms with Crippen LogP contribution < -0.4 is 15.4 Å². The highest BCUT2D eigenvalue weighted by molar-refractivity contribution is 6.17. The number of para-hydroxylation sites is 1. The van der Waals surface area contributed by atoms with E-state index >= 15 is 0 Å². The number of rotatable bonds is 5. The van der Waals surface area contributed by atoms with Crippen LogP contribution in [0.5, 0.6) is 5.75 Å². The predicted octanol–water partition coefficient (Wildman–Crippen LogP) is 2.75. The van der Waals surface area contributed by atoms with E-state index in [4.69, 9.17) is 4.74 Å². The lowest BCUT2D eigenvalue weighted by Gasteiger charge is -2.26. The van der Waals surface area contributed by atoms with Crippen molar-refractivity contribution in [2.45, 2.75) is 19.5 Å². The fourth-order valence-electron chi connectivity index (χ4n) is 3.90. The SMILES string of the molecule is COc1ccc(C(=O)c2c(C)n(CC3CNCCN3)c3ccccc23)cc1. The molecular weight excluding hydrogens is 338 g/mol. The van der Waals surface area contributed by atoms with E-state index in [0.29, 0.717) is 11.6 Å². The molecule has 0 radical (unpaired) electrons. The summed E-state index contributed by atoms with van der Waals surface area (Å²) in [7, 11) is 1.63. The maximum atomic E-state index is 13.3. The van der Waals surface area contributed by atoms with E-state index in [1.54, 1.807) is 7.11 Å². The number of hydrogen-bond donors (Lipinski definition) is 2. The number of piperazine rings is 1. The topological polar surface area (TPSA) is 55.3 Å². The first-order valence-electron chi connectivity index (χ1n) is 9.39. The molecule has 0 spiro atoms. The standard InChI is InChI=1S/C22H25N3O2/c1-15-21(22(26)16-7-9-18(27-2)10-8-16)19-5-3-4-6-20(19)25(15)14-17-13-23-11-12-24-17/h3-10,17,23-24H,11-14H2,1-2H3. The van der Waals surface area contributed by atoms with Gasteiger partial charge in [-0.3, -0.25) is 4.79 Å². The van der Waals surface area contributed by atoms with Crippen molar-refractivity contribution >= 4 is 16.7 Å². The van der Waals surface area contributed by atoms with Crippen LogP contribution in [0.25, 0.3) is 10.9 Å². The zero-order valence-corrected chi connectivity index (χ0v) is 15.8. The Morgan fingerprint density at radius 1 is 1.15 bits per heavy atom. The smallest absolute Gasteiger partial charge is 0.195 e. The Kier molecular flexibility index (Phi) is 4.97. The fourth-order valence-corrected chi connectivity index (χ4v) is 3.90. The van der Waals surface area contributed by atoms with Gasteiger partial charge in [0.05, 0.1) is 12.7 Å². The van der Waals surface area contributed by atoms with Crippen molar-refractivity contribution in [1.82, 2.24) is 15.2 Å². The molecule has 0 amide bonds. The normalized spacial score (nSPS) is 17.2. The first-order chi connectivity index (χ1) is 13.2. The highest BCUT2D eigenvalue weighted by Crippen LogP contribution is 2.29. The Balaban J connectivity index is 1.75. The second-order valence-corrected chi connectivity index (χ2v) is 7.00. The van der Waals surface area contributed by atoms with Crippen molar-refractivity contribution in [2.75, 3.05) is 26.7 Å². The lowest BCUT2D eigenvalue weighted by molar-refractivity contribution is 0.103. The minimum Gasteiger partial charge on any atom is -0.497 e. The molecule has 140 valence electrons. The molecule has 2 aromatic carbocycles. The van der Waals surface area contributed by atoms with Crippen molar-refractivity contribution in [3.8, 4) is 5.75 Å². The van der Waals surface area contributed by atoms with Crippen molar-refractivity contribution in [3.63, 3.8) is 0 Å². The fraction of sp³-hybridized carbons (Fsp3) is 0.318. The second-order valence-electron chi connectivity index (χ2n) is 7.00. The van der Waals surface area contributed by atoms with Gasteiger partial charge in [0.25, 0.3) is 0 Å². The Labute approximate surface area is 159 Å². The van der Waals surface area contributed by atoms with Gasteiger partial charge in [0.1, 0.15) is 5.75 Å². The molecule has 5 nitrogen and oxygen atoms in total. The summed E-state index contributed by atoms with van der Waals surface area (Å²) in [6.45, 7) is 5.81. The Hall–Kier alpha value is -2.63. The minimum atomic E-state index is 0.0554. The lowest BCUT2D eigenvalue weighted by atomic mass is 10.0. The summed E-state index contributed by atoms with van der Waals surface area (Å²) in [4.78, 5) is 13.3. The van der Waals surface area contributed by atoms with Gasteiger partial charge in [-0.1, -0.05) is 18.2 Å². The van der Waals surface area contributed by atoms with Crippen molar-refractivity contribution < 1.29 is 9.53 Å². The molecule has 2 heterocycles. The van der Waals surface area contributed by atoms with Crippen LogP contribution in [-0.2, 0) is 6.54 Å². The van der Waals surface area contributed by atoms with E-state index in [2.05, 4.69) is 21.3 Å². The molecule has 2 N–H and O–H groups in total. The van der Waals surface area contributed by atoms with E-state index in [1.165, 1.54) is 0 Å². The lowest BCUT2D eigenvalue weighted by Crippen LogP contribution is -2.50. The summed E-state index contributed by atoms with van der Waals surface area (Å²) in [5.74, 6) is 0.807. The maximum absolute atomic E-state index is 13.3. The molecule has 0 aliphatic carbocycles.